The van der Waals surface area contributed by atoms with E-state index in [1.54, 1.807) is 0 Å². The fraction of sp³-hybridized carbons (Fsp3) is 0.714. The van der Waals surface area contributed by atoms with Crippen LogP contribution in [0.5, 0.6) is 0 Å². The fourth-order valence-electron chi connectivity index (χ4n) is 0. The van der Waals surface area contributed by atoms with Crippen molar-refractivity contribution >= 4 is 11.7 Å². The van der Waals surface area contributed by atoms with Gasteiger partial charge in [-0.15, -0.1) is 7.05 Å². The summed E-state index contributed by atoms with van der Waals surface area (Å²) in [5.41, 5.74) is 2.50. The van der Waals surface area contributed by atoms with E-state index in [4.69, 9.17) is 29.8 Å². The van der Waals surface area contributed by atoms with E-state index in [1.165, 1.54) is 35.0 Å². The molecule has 0 saturated carbocycles. The van der Waals surface area contributed by atoms with Crippen molar-refractivity contribution in [3.05, 3.63) is 16.3 Å². The average molecular weight is 332 g/mol. The molecule has 9 nitrogen and oxygen atoms in total. The Morgan fingerprint density at radius 1 is 1.06 bits per heavy atom. The Bertz CT molecular complexity index is 173. The van der Waals surface area contributed by atoms with E-state index in [2.05, 4.69) is 5.48 Å². The third kappa shape index (κ3) is 50.9. The number of hydrogen-bond acceptors (Lipinski definition) is 4. The zero-order valence-corrected chi connectivity index (χ0v) is 12.4. The fourth-order valence-corrected chi connectivity index (χ4v) is 0. The Morgan fingerprint density at radius 2 is 1.12 bits per heavy atom. The Kier molecular flexibility index (Phi) is 30.6. The Balaban J connectivity index is -0.0000000727. The molecule has 10 heteroatoms. The molecule has 0 amide bonds. The molecule has 100 valence electrons. The third-order valence-corrected chi connectivity index (χ3v) is 0.937. The van der Waals surface area contributed by atoms with E-state index in [1.807, 2.05) is 0 Å². The molecule has 0 heterocycles. The predicted molar refractivity (Wildman–Crippen MR) is 58.9 cm³/mol. The molecule has 0 bridgehead atoms. The molecule has 3 N–H and O–H groups in total. The van der Waals surface area contributed by atoms with Crippen molar-refractivity contribution in [2.24, 2.45) is 0 Å². The van der Waals surface area contributed by atoms with Crippen LogP contribution in [0.25, 0.3) is 16.3 Å². The summed E-state index contributed by atoms with van der Waals surface area (Å²) in [5.74, 6) is -0.204. The maximum atomic E-state index is 8.26. The molecule has 0 aromatic rings. The van der Waals surface area contributed by atoms with Crippen molar-refractivity contribution in [2.45, 2.75) is 13.8 Å². The SMILES string of the molecule is CC(=[N-])N(C)O.CC(=[N-])N(C)O.C[N-]O.[O]=[Mo+4]. The van der Waals surface area contributed by atoms with Crippen LogP contribution in [-0.4, -0.2) is 58.6 Å². The molecule has 0 unspecified atom stereocenters. The van der Waals surface area contributed by atoms with Gasteiger partial charge in [0.25, 0.3) is 0 Å². The van der Waals surface area contributed by atoms with E-state index in [9.17, 15) is 0 Å². The molecule has 0 spiro atoms. The first kappa shape index (κ1) is 25.2. The first-order chi connectivity index (χ1) is 7.70. The maximum absolute atomic E-state index is 8.26. The van der Waals surface area contributed by atoms with E-state index in [0.29, 0.717) is 29.9 Å². The number of hydrogen-bond donors (Lipinski definition) is 3. The van der Waals surface area contributed by atoms with E-state index >= 15 is 0 Å². The topological polar surface area (TPSA) is 143 Å². The van der Waals surface area contributed by atoms with Gasteiger partial charge in [-0.3, -0.25) is 0 Å². The van der Waals surface area contributed by atoms with Gasteiger partial charge in [0.15, 0.2) is 0 Å². The van der Waals surface area contributed by atoms with Gasteiger partial charge >= 0.3 is 23.2 Å². The summed E-state index contributed by atoms with van der Waals surface area (Å²) in [4.78, 5) is 0. The molecular weight excluding hydrogens is 314 g/mol. The van der Waals surface area contributed by atoms with Crippen LogP contribution in [0.1, 0.15) is 13.8 Å². The van der Waals surface area contributed by atoms with Crippen molar-refractivity contribution in [1.82, 2.24) is 10.1 Å². The molecule has 0 aliphatic heterocycles. The summed E-state index contributed by atoms with van der Waals surface area (Å²) in [6.07, 6.45) is 0. The second-order valence-corrected chi connectivity index (χ2v) is 2.34. The van der Waals surface area contributed by atoms with Crippen LogP contribution >= 0.6 is 0 Å². The summed E-state index contributed by atoms with van der Waals surface area (Å²) in [7, 11) is 3.99. The van der Waals surface area contributed by atoms with E-state index in [-0.39, 0.29) is 11.7 Å². The van der Waals surface area contributed by atoms with Crippen LogP contribution in [0.15, 0.2) is 0 Å². The summed E-state index contributed by atoms with van der Waals surface area (Å²) >= 11 is 0.700. The summed E-state index contributed by atoms with van der Waals surface area (Å²) in [5, 5.41) is 41.3. The van der Waals surface area contributed by atoms with Gasteiger partial charge in [-0.1, -0.05) is 11.7 Å². The molecule has 0 aromatic heterocycles. The Morgan fingerprint density at radius 3 is 1.12 bits per heavy atom. The van der Waals surface area contributed by atoms with Crippen molar-refractivity contribution in [3.8, 4) is 0 Å². The van der Waals surface area contributed by atoms with Gasteiger partial charge in [0.05, 0.1) is 0 Å². The molecular formula is C7H18MoN5O4+. The van der Waals surface area contributed by atoms with Crippen LogP contribution in [0.3, 0.4) is 0 Å². The molecule has 0 fully saturated rings. The van der Waals surface area contributed by atoms with Gasteiger partial charge in [0.2, 0.25) is 0 Å². The number of rotatable bonds is 0. The second kappa shape index (κ2) is 20.7. The normalized spacial score (nSPS) is 6.94. The van der Waals surface area contributed by atoms with Gasteiger partial charge < -0.3 is 42.0 Å². The first-order valence-corrected chi connectivity index (χ1v) is 4.82. The molecule has 0 radical (unpaired) electrons. The molecule has 0 aliphatic carbocycles. The minimum absolute atomic E-state index is 0.102. The Hall–Kier alpha value is -0.732. The predicted octanol–water partition coefficient (Wildman–Crippen LogP) is 0.848. The van der Waals surface area contributed by atoms with Crippen molar-refractivity contribution in [3.63, 3.8) is 0 Å². The summed E-state index contributed by atoms with van der Waals surface area (Å²) in [6, 6.07) is 0. The molecule has 17 heavy (non-hydrogen) atoms. The quantitative estimate of drug-likeness (QED) is 0.260. The van der Waals surface area contributed by atoms with E-state index in [0.717, 1.165) is 0 Å². The zero-order chi connectivity index (χ0) is 15.0. The zero-order valence-electron chi connectivity index (χ0n) is 10.4. The van der Waals surface area contributed by atoms with Gasteiger partial charge in [0.1, 0.15) is 0 Å². The van der Waals surface area contributed by atoms with E-state index < -0.39 is 0 Å². The van der Waals surface area contributed by atoms with Crippen molar-refractivity contribution in [2.75, 3.05) is 21.1 Å². The monoisotopic (exact) mass is 334 g/mol. The minimum atomic E-state index is -0.102. The van der Waals surface area contributed by atoms with Gasteiger partial charge in [-0.05, 0) is 27.9 Å². The van der Waals surface area contributed by atoms with Crippen LogP contribution < -0.4 is 0 Å². The summed E-state index contributed by atoms with van der Waals surface area (Å²) < 4.78 is 8.26. The van der Waals surface area contributed by atoms with Gasteiger partial charge in [-0.25, -0.2) is 0 Å². The molecule has 0 rings (SSSR count). The molecule has 0 aromatic carbocycles. The number of hydroxylamine groups is 5. The molecule has 0 saturated heterocycles. The molecule has 0 aliphatic rings. The standard InChI is InChI=1S/2C3H7N2O.CH4NO.Mo.O/c2*1-3(4)5(2)6;1-2-3;;/h2*6H,1-2H3;3H,1H3;;/q3*-1;+4;. The van der Waals surface area contributed by atoms with Crippen LogP contribution in [0.2, 0.25) is 0 Å². The van der Waals surface area contributed by atoms with Crippen LogP contribution in [0.4, 0.5) is 0 Å². The number of nitrogens with zero attached hydrogens (tertiary/aromatic N) is 5. The van der Waals surface area contributed by atoms with Crippen LogP contribution in [-0.2, 0) is 23.2 Å². The molecule has 0 atom stereocenters. The Labute approximate surface area is 112 Å². The van der Waals surface area contributed by atoms with Crippen molar-refractivity contribution in [1.29, 1.82) is 0 Å². The van der Waals surface area contributed by atoms with Gasteiger partial charge in [-0.2, -0.15) is 0 Å². The number of amidine groups is 2. The summed E-state index contributed by atoms with van der Waals surface area (Å²) in [6.45, 7) is 2.78. The van der Waals surface area contributed by atoms with Crippen molar-refractivity contribution < 1.29 is 38.8 Å². The third-order valence-electron chi connectivity index (χ3n) is 0.937. The van der Waals surface area contributed by atoms with Crippen LogP contribution in [0, 0.1) is 0 Å². The first-order valence-electron chi connectivity index (χ1n) is 4.00. The second-order valence-electron chi connectivity index (χ2n) is 2.34. The average Bonchev–Trinajstić information content (AvgIpc) is 2.22. The van der Waals surface area contributed by atoms with Gasteiger partial charge in [0, 0.05) is 0 Å².